The zero-order valence-electron chi connectivity index (χ0n) is 14.2. The second-order valence-corrected chi connectivity index (χ2v) is 6.52. The van der Waals surface area contributed by atoms with Crippen LogP contribution in [0.25, 0.3) is 10.6 Å². The van der Waals surface area contributed by atoms with Crippen molar-refractivity contribution in [2.45, 2.75) is 13.5 Å². The Morgan fingerprint density at radius 1 is 1.19 bits per heavy atom. The van der Waals surface area contributed by atoms with E-state index in [1.807, 2.05) is 0 Å². The van der Waals surface area contributed by atoms with Crippen molar-refractivity contribution >= 4 is 17.3 Å². The SMILES string of the molecule is COc1ccc(-c2nc(C)c(C(=O)O)s2)cc1OCc1ccc(F)cc1. The highest BCUT2D eigenvalue weighted by Crippen LogP contribution is 2.35. The van der Waals surface area contributed by atoms with Crippen LogP contribution < -0.4 is 9.47 Å². The number of hydrogen-bond donors (Lipinski definition) is 1. The van der Waals surface area contributed by atoms with Crippen LogP contribution >= 0.6 is 11.3 Å². The minimum Gasteiger partial charge on any atom is -0.493 e. The molecule has 0 saturated heterocycles. The molecular formula is C19H16FNO4S. The average Bonchev–Trinajstić information content (AvgIpc) is 3.03. The molecule has 1 aromatic heterocycles. The number of carboxylic acid groups (broad SMARTS) is 1. The van der Waals surface area contributed by atoms with Crippen LogP contribution in [0.3, 0.4) is 0 Å². The van der Waals surface area contributed by atoms with Gasteiger partial charge in [-0.1, -0.05) is 12.1 Å². The lowest BCUT2D eigenvalue weighted by molar-refractivity contribution is 0.0701. The smallest absolute Gasteiger partial charge is 0.347 e. The van der Waals surface area contributed by atoms with Crippen molar-refractivity contribution in [2.75, 3.05) is 7.11 Å². The van der Waals surface area contributed by atoms with Gasteiger partial charge in [-0.2, -0.15) is 0 Å². The van der Waals surface area contributed by atoms with Gasteiger partial charge in [0.2, 0.25) is 0 Å². The fraction of sp³-hybridized carbons (Fsp3) is 0.158. The second kappa shape index (κ2) is 7.53. The Morgan fingerprint density at radius 3 is 2.54 bits per heavy atom. The molecule has 1 heterocycles. The van der Waals surface area contributed by atoms with Crippen LogP contribution in [0.2, 0.25) is 0 Å². The molecule has 0 atom stereocenters. The van der Waals surface area contributed by atoms with Crippen molar-refractivity contribution in [3.63, 3.8) is 0 Å². The topological polar surface area (TPSA) is 68.7 Å². The number of carbonyl (C=O) groups is 1. The molecule has 26 heavy (non-hydrogen) atoms. The molecule has 1 N–H and O–H groups in total. The Morgan fingerprint density at radius 2 is 1.92 bits per heavy atom. The summed E-state index contributed by atoms with van der Waals surface area (Å²) < 4.78 is 24.1. The highest BCUT2D eigenvalue weighted by molar-refractivity contribution is 7.17. The van der Waals surface area contributed by atoms with Gasteiger partial charge in [0.05, 0.1) is 12.8 Å². The summed E-state index contributed by atoms with van der Waals surface area (Å²) >= 11 is 1.11. The zero-order valence-corrected chi connectivity index (χ0v) is 15.0. The summed E-state index contributed by atoms with van der Waals surface area (Å²) in [6, 6.07) is 11.3. The molecule has 5 nitrogen and oxygen atoms in total. The molecule has 0 spiro atoms. The van der Waals surface area contributed by atoms with Gasteiger partial charge in [-0.25, -0.2) is 14.2 Å². The quantitative estimate of drug-likeness (QED) is 0.687. The first-order valence-corrected chi connectivity index (χ1v) is 8.56. The fourth-order valence-corrected chi connectivity index (χ4v) is 3.28. The van der Waals surface area contributed by atoms with Crippen molar-refractivity contribution in [2.24, 2.45) is 0 Å². The minimum atomic E-state index is -0.993. The van der Waals surface area contributed by atoms with Crippen LogP contribution in [0, 0.1) is 12.7 Å². The van der Waals surface area contributed by atoms with Crippen LogP contribution in [-0.4, -0.2) is 23.2 Å². The molecule has 0 saturated carbocycles. The highest BCUT2D eigenvalue weighted by atomic mass is 32.1. The zero-order chi connectivity index (χ0) is 18.7. The molecular weight excluding hydrogens is 357 g/mol. The molecule has 0 aliphatic heterocycles. The molecule has 0 aliphatic rings. The maximum atomic E-state index is 13.0. The molecule has 2 aromatic carbocycles. The Hall–Kier alpha value is -2.93. The number of rotatable bonds is 6. The standard InChI is InChI=1S/C19H16FNO4S/c1-11-17(19(22)23)26-18(21-11)13-5-8-15(24-2)16(9-13)25-10-12-3-6-14(20)7-4-12/h3-9H,10H2,1-2H3,(H,22,23). The van der Waals surface area contributed by atoms with Gasteiger partial charge < -0.3 is 14.6 Å². The number of aromatic nitrogens is 1. The third-order valence-electron chi connectivity index (χ3n) is 3.71. The first-order valence-electron chi connectivity index (χ1n) is 7.74. The van der Waals surface area contributed by atoms with E-state index in [0.717, 1.165) is 22.5 Å². The third-order valence-corrected chi connectivity index (χ3v) is 4.90. The molecule has 3 rings (SSSR count). The fourth-order valence-electron chi connectivity index (χ4n) is 2.38. The van der Waals surface area contributed by atoms with E-state index in [1.165, 1.54) is 19.2 Å². The van der Waals surface area contributed by atoms with E-state index in [-0.39, 0.29) is 17.3 Å². The third kappa shape index (κ3) is 3.83. The summed E-state index contributed by atoms with van der Waals surface area (Å²) in [6.07, 6.45) is 0. The highest BCUT2D eigenvalue weighted by Gasteiger charge is 2.16. The van der Waals surface area contributed by atoms with Crippen LogP contribution in [0.15, 0.2) is 42.5 Å². The predicted molar refractivity (Wildman–Crippen MR) is 96.5 cm³/mol. The summed E-state index contributed by atoms with van der Waals surface area (Å²) in [6.45, 7) is 1.91. The summed E-state index contributed by atoms with van der Waals surface area (Å²) in [5.74, 6) is -0.254. The van der Waals surface area contributed by atoms with Crippen LogP contribution in [0.1, 0.15) is 20.9 Å². The maximum Gasteiger partial charge on any atom is 0.347 e. The second-order valence-electron chi connectivity index (χ2n) is 5.52. The number of carboxylic acids is 1. The van der Waals surface area contributed by atoms with Crippen molar-refractivity contribution in [1.29, 1.82) is 0 Å². The van der Waals surface area contributed by atoms with E-state index < -0.39 is 5.97 Å². The molecule has 3 aromatic rings. The van der Waals surface area contributed by atoms with E-state index in [0.29, 0.717) is 22.2 Å². The maximum absolute atomic E-state index is 13.0. The first-order chi connectivity index (χ1) is 12.5. The number of ether oxygens (including phenoxy) is 2. The summed E-state index contributed by atoms with van der Waals surface area (Å²) in [4.78, 5) is 15.8. The van der Waals surface area contributed by atoms with E-state index in [4.69, 9.17) is 9.47 Å². The Labute approximate surface area is 153 Å². The molecule has 0 fully saturated rings. The minimum absolute atomic E-state index is 0.213. The number of benzene rings is 2. The number of hydrogen-bond acceptors (Lipinski definition) is 5. The van der Waals surface area contributed by atoms with Crippen LogP contribution in [0.5, 0.6) is 11.5 Å². The van der Waals surface area contributed by atoms with E-state index in [2.05, 4.69) is 4.98 Å². The van der Waals surface area contributed by atoms with Gasteiger partial charge in [-0.15, -0.1) is 11.3 Å². The molecule has 0 radical (unpaired) electrons. The van der Waals surface area contributed by atoms with Crippen molar-refractivity contribution in [3.05, 3.63) is 64.4 Å². The number of aromatic carboxylic acids is 1. The van der Waals surface area contributed by atoms with Crippen molar-refractivity contribution in [3.8, 4) is 22.1 Å². The van der Waals surface area contributed by atoms with E-state index in [1.54, 1.807) is 37.3 Å². The summed E-state index contributed by atoms with van der Waals surface area (Å²) in [5, 5.41) is 9.78. The Kier molecular flexibility index (Phi) is 5.18. The molecule has 7 heteroatoms. The average molecular weight is 373 g/mol. The van der Waals surface area contributed by atoms with E-state index in [9.17, 15) is 14.3 Å². The summed E-state index contributed by atoms with van der Waals surface area (Å²) in [5.41, 5.74) is 2.03. The largest absolute Gasteiger partial charge is 0.493 e. The number of aryl methyl sites for hydroxylation is 1. The van der Waals surface area contributed by atoms with Gasteiger partial charge in [0.15, 0.2) is 11.5 Å². The number of methoxy groups -OCH3 is 1. The Bertz CT molecular complexity index is 937. The first kappa shape index (κ1) is 17.9. The molecule has 134 valence electrons. The molecule has 0 bridgehead atoms. The van der Waals surface area contributed by atoms with Crippen molar-refractivity contribution < 1.29 is 23.8 Å². The lowest BCUT2D eigenvalue weighted by Crippen LogP contribution is -1.98. The lowest BCUT2D eigenvalue weighted by Gasteiger charge is -2.12. The van der Waals surface area contributed by atoms with Gasteiger partial charge in [-0.05, 0) is 42.8 Å². The Balaban J connectivity index is 1.87. The molecule has 0 aliphatic carbocycles. The lowest BCUT2D eigenvalue weighted by atomic mass is 10.2. The number of halogens is 1. The van der Waals surface area contributed by atoms with Gasteiger partial charge >= 0.3 is 5.97 Å². The van der Waals surface area contributed by atoms with Gasteiger partial charge in [0.1, 0.15) is 22.3 Å². The number of thiazole rings is 1. The monoisotopic (exact) mass is 373 g/mol. The van der Waals surface area contributed by atoms with Gasteiger partial charge in [0.25, 0.3) is 0 Å². The molecule has 0 amide bonds. The summed E-state index contributed by atoms with van der Waals surface area (Å²) in [7, 11) is 1.54. The normalized spacial score (nSPS) is 10.6. The number of nitrogens with zero attached hydrogens (tertiary/aromatic N) is 1. The molecule has 0 unspecified atom stereocenters. The predicted octanol–water partition coefficient (Wildman–Crippen LogP) is 4.54. The van der Waals surface area contributed by atoms with Crippen LogP contribution in [-0.2, 0) is 6.61 Å². The van der Waals surface area contributed by atoms with Crippen molar-refractivity contribution in [1.82, 2.24) is 4.98 Å². The van der Waals surface area contributed by atoms with Gasteiger partial charge in [0, 0.05) is 5.56 Å². The van der Waals surface area contributed by atoms with E-state index >= 15 is 0 Å². The van der Waals surface area contributed by atoms with Gasteiger partial charge in [-0.3, -0.25) is 0 Å². The van der Waals surface area contributed by atoms with Crippen LogP contribution in [0.4, 0.5) is 4.39 Å².